The average molecular weight is 128 g/mol. The van der Waals surface area contributed by atoms with E-state index in [1.54, 1.807) is 0 Å². The lowest BCUT2D eigenvalue weighted by molar-refractivity contribution is 0.362. The van der Waals surface area contributed by atoms with E-state index in [1.165, 1.54) is 6.42 Å². The quantitative estimate of drug-likeness (QED) is 0.607. The van der Waals surface area contributed by atoms with Crippen LogP contribution in [0.3, 0.4) is 0 Å². The largest absolute Gasteiger partial charge is 0.401 e. The maximum Gasteiger partial charge on any atom is 0.0370 e. The van der Waals surface area contributed by atoms with E-state index in [9.17, 15) is 0 Å². The van der Waals surface area contributed by atoms with Crippen LogP contribution in [0.15, 0.2) is 12.3 Å². The van der Waals surface area contributed by atoms with Crippen molar-refractivity contribution in [2.75, 3.05) is 20.1 Å². The molecule has 0 unspecified atom stereocenters. The minimum Gasteiger partial charge on any atom is -0.401 e. The van der Waals surface area contributed by atoms with Gasteiger partial charge in [-0.1, -0.05) is 13.5 Å². The van der Waals surface area contributed by atoms with Crippen molar-refractivity contribution in [3.63, 3.8) is 0 Å². The molecule has 0 radical (unpaired) electrons. The van der Waals surface area contributed by atoms with Gasteiger partial charge in [0.15, 0.2) is 0 Å². The first-order valence-corrected chi connectivity index (χ1v) is 3.28. The van der Waals surface area contributed by atoms with Gasteiger partial charge < -0.3 is 10.6 Å². The highest BCUT2D eigenvalue weighted by molar-refractivity contribution is 4.88. The Labute approximate surface area is 57.3 Å². The molecule has 0 fully saturated rings. The standard InChI is InChI=1S/C7H16N2/c1-4-5-9(3)6-7(2)8/h2,4-6,8H2,1,3H3. The van der Waals surface area contributed by atoms with Crippen LogP contribution < -0.4 is 5.73 Å². The molecule has 0 aromatic rings. The summed E-state index contributed by atoms with van der Waals surface area (Å²) in [5.74, 6) is 0. The minimum atomic E-state index is 0.742. The Balaban J connectivity index is 3.26. The number of hydrogen-bond donors (Lipinski definition) is 1. The summed E-state index contributed by atoms with van der Waals surface area (Å²) >= 11 is 0. The molecule has 0 rings (SSSR count). The molecule has 0 bridgehead atoms. The molecule has 0 saturated heterocycles. The van der Waals surface area contributed by atoms with Crippen LogP contribution in [0.2, 0.25) is 0 Å². The zero-order valence-electron chi connectivity index (χ0n) is 6.35. The summed E-state index contributed by atoms with van der Waals surface area (Å²) in [4.78, 5) is 2.16. The molecule has 54 valence electrons. The van der Waals surface area contributed by atoms with Gasteiger partial charge >= 0.3 is 0 Å². The number of hydrogen-bond acceptors (Lipinski definition) is 2. The second kappa shape index (κ2) is 4.39. The lowest BCUT2D eigenvalue weighted by Crippen LogP contribution is -2.24. The summed E-state index contributed by atoms with van der Waals surface area (Å²) in [6, 6.07) is 0. The highest BCUT2D eigenvalue weighted by Crippen LogP contribution is 1.87. The Kier molecular flexibility index (Phi) is 4.14. The van der Waals surface area contributed by atoms with Crippen molar-refractivity contribution < 1.29 is 0 Å². The van der Waals surface area contributed by atoms with E-state index in [2.05, 4.69) is 18.4 Å². The molecular weight excluding hydrogens is 112 g/mol. The molecule has 0 aromatic carbocycles. The molecular formula is C7H16N2. The Morgan fingerprint density at radius 2 is 2.22 bits per heavy atom. The molecule has 0 heterocycles. The smallest absolute Gasteiger partial charge is 0.0370 e. The number of likely N-dealkylation sites (N-methyl/N-ethyl adjacent to an activating group) is 1. The summed E-state index contributed by atoms with van der Waals surface area (Å²) in [7, 11) is 2.04. The Morgan fingerprint density at radius 3 is 2.56 bits per heavy atom. The van der Waals surface area contributed by atoms with Crippen LogP contribution >= 0.6 is 0 Å². The summed E-state index contributed by atoms with van der Waals surface area (Å²) in [5.41, 5.74) is 6.13. The highest BCUT2D eigenvalue weighted by atomic mass is 15.1. The van der Waals surface area contributed by atoms with Gasteiger partial charge in [0.1, 0.15) is 0 Å². The molecule has 0 aromatic heterocycles. The maximum absolute atomic E-state index is 5.39. The Hall–Kier alpha value is -0.500. The third-order valence-corrected chi connectivity index (χ3v) is 1.08. The van der Waals surface area contributed by atoms with E-state index in [-0.39, 0.29) is 0 Å². The molecule has 0 atom stereocenters. The van der Waals surface area contributed by atoms with Crippen LogP contribution in [-0.4, -0.2) is 25.0 Å². The summed E-state index contributed by atoms with van der Waals surface area (Å²) in [6.45, 7) is 7.67. The van der Waals surface area contributed by atoms with Crippen LogP contribution in [0.1, 0.15) is 13.3 Å². The van der Waals surface area contributed by atoms with Gasteiger partial charge in [0.2, 0.25) is 0 Å². The monoisotopic (exact) mass is 128 g/mol. The Bertz CT molecular complexity index is 88.9. The van der Waals surface area contributed by atoms with Crippen molar-refractivity contribution in [2.45, 2.75) is 13.3 Å². The number of nitrogens with zero attached hydrogens (tertiary/aromatic N) is 1. The molecule has 0 spiro atoms. The predicted octanol–water partition coefficient (Wildman–Crippen LogP) is 0.801. The SMILES string of the molecule is C=C(N)CN(C)CCC. The van der Waals surface area contributed by atoms with Crippen LogP contribution in [0.25, 0.3) is 0 Å². The molecule has 2 N–H and O–H groups in total. The van der Waals surface area contributed by atoms with Crippen molar-refractivity contribution in [1.82, 2.24) is 4.90 Å². The third-order valence-electron chi connectivity index (χ3n) is 1.08. The van der Waals surface area contributed by atoms with Crippen molar-refractivity contribution in [3.8, 4) is 0 Å². The van der Waals surface area contributed by atoms with E-state index in [1.807, 2.05) is 7.05 Å². The van der Waals surface area contributed by atoms with Crippen molar-refractivity contribution in [2.24, 2.45) is 5.73 Å². The molecule has 0 saturated carbocycles. The van der Waals surface area contributed by atoms with Gasteiger partial charge in [-0.2, -0.15) is 0 Å². The first kappa shape index (κ1) is 8.50. The first-order valence-electron chi connectivity index (χ1n) is 3.28. The first-order chi connectivity index (χ1) is 4.16. The molecule has 0 aliphatic rings. The van der Waals surface area contributed by atoms with Gasteiger partial charge in [-0.3, -0.25) is 0 Å². The van der Waals surface area contributed by atoms with Crippen molar-refractivity contribution in [1.29, 1.82) is 0 Å². The summed E-state index contributed by atoms with van der Waals surface area (Å²) in [5, 5.41) is 0. The summed E-state index contributed by atoms with van der Waals surface area (Å²) in [6.07, 6.45) is 1.17. The number of rotatable bonds is 4. The van der Waals surface area contributed by atoms with Gasteiger partial charge in [-0.25, -0.2) is 0 Å². The zero-order chi connectivity index (χ0) is 7.28. The van der Waals surface area contributed by atoms with Gasteiger partial charge in [-0.15, -0.1) is 0 Å². The van der Waals surface area contributed by atoms with Crippen molar-refractivity contribution in [3.05, 3.63) is 12.3 Å². The van der Waals surface area contributed by atoms with E-state index in [0.717, 1.165) is 18.8 Å². The van der Waals surface area contributed by atoms with Gasteiger partial charge in [0.05, 0.1) is 0 Å². The van der Waals surface area contributed by atoms with Crippen LogP contribution in [0.4, 0.5) is 0 Å². The summed E-state index contributed by atoms with van der Waals surface area (Å²) < 4.78 is 0. The predicted molar refractivity (Wildman–Crippen MR) is 41.1 cm³/mol. The minimum absolute atomic E-state index is 0.742. The van der Waals surface area contributed by atoms with E-state index in [4.69, 9.17) is 5.73 Å². The van der Waals surface area contributed by atoms with E-state index < -0.39 is 0 Å². The van der Waals surface area contributed by atoms with Crippen LogP contribution in [0, 0.1) is 0 Å². The molecule has 9 heavy (non-hydrogen) atoms. The molecule has 0 aliphatic carbocycles. The average Bonchev–Trinajstić information content (AvgIpc) is 1.63. The normalized spacial score (nSPS) is 10.1. The van der Waals surface area contributed by atoms with E-state index in [0.29, 0.717) is 0 Å². The second-order valence-corrected chi connectivity index (χ2v) is 2.40. The van der Waals surface area contributed by atoms with Gasteiger partial charge in [-0.05, 0) is 20.0 Å². The lowest BCUT2D eigenvalue weighted by Gasteiger charge is -2.13. The second-order valence-electron chi connectivity index (χ2n) is 2.40. The fourth-order valence-electron chi connectivity index (χ4n) is 0.807. The lowest BCUT2D eigenvalue weighted by atomic mass is 10.4. The zero-order valence-corrected chi connectivity index (χ0v) is 6.35. The van der Waals surface area contributed by atoms with Crippen LogP contribution in [0.5, 0.6) is 0 Å². The fourth-order valence-corrected chi connectivity index (χ4v) is 0.807. The van der Waals surface area contributed by atoms with E-state index >= 15 is 0 Å². The third kappa shape index (κ3) is 5.37. The Morgan fingerprint density at radius 1 is 1.67 bits per heavy atom. The molecule has 0 aliphatic heterocycles. The molecule has 0 amide bonds. The van der Waals surface area contributed by atoms with Crippen LogP contribution in [-0.2, 0) is 0 Å². The topological polar surface area (TPSA) is 29.3 Å². The highest BCUT2D eigenvalue weighted by Gasteiger charge is 1.94. The van der Waals surface area contributed by atoms with Gasteiger partial charge in [0, 0.05) is 12.2 Å². The maximum atomic E-state index is 5.39. The van der Waals surface area contributed by atoms with Gasteiger partial charge in [0.25, 0.3) is 0 Å². The molecule has 2 heteroatoms. The fraction of sp³-hybridized carbons (Fsp3) is 0.714. The molecule has 2 nitrogen and oxygen atoms in total. The van der Waals surface area contributed by atoms with Crippen molar-refractivity contribution >= 4 is 0 Å². The number of nitrogens with two attached hydrogens (primary N) is 1.